The summed E-state index contributed by atoms with van der Waals surface area (Å²) in [6.07, 6.45) is 0. The number of nitrogens with zero attached hydrogens (tertiary/aromatic N) is 1. The molecule has 0 radical (unpaired) electrons. The van der Waals surface area contributed by atoms with Crippen molar-refractivity contribution >= 4 is 21.6 Å². The Hall–Kier alpha value is -0.890. The van der Waals surface area contributed by atoms with Gasteiger partial charge in [-0.2, -0.15) is 0 Å². The van der Waals surface area contributed by atoms with Gasteiger partial charge in [-0.05, 0) is 36.9 Å². The molecule has 0 saturated carbocycles. The first kappa shape index (κ1) is 6.80. The van der Waals surface area contributed by atoms with Gasteiger partial charge in [0.1, 0.15) is 4.83 Å². The zero-order valence-corrected chi connectivity index (χ0v) is 7.40. The van der Waals surface area contributed by atoms with Crippen molar-refractivity contribution in [3.8, 4) is 0 Å². The zero-order valence-electron chi connectivity index (χ0n) is 6.59. The van der Waals surface area contributed by atoms with Crippen LogP contribution in [0, 0.1) is 13.8 Å². The van der Waals surface area contributed by atoms with E-state index in [1.54, 1.807) is 11.3 Å². The molecule has 0 fully saturated rings. The Morgan fingerprint density at radius 1 is 1.27 bits per heavy atom. The van der Waals surface area contributed by atoms with E-state index in [0.29, 0.717) is 0 Å². The normalized spacial score (nSPS) is 10.7. The lowest BCUT2D eigenvalue weighted by atomic mass is 10.2. The van der Waals surface area contributed by atoms with Crippen molar-refractivity contribution in [1.29, 1.82) is 0 Å². The fourth-order valence-electron chi connectivity index (χ4n) is 1.13. The van der Waals surface area contributed by atoms with Crippen LogP contribution in [0.2, 0.25) is 0 Å². The van der Waals surface area contributed by atoms with Crippen LogP contribution in [0.4, 0.5) is 0 Å². The number of aromatic nitrogens is 1. The first-order chi connectivity index (χ1) is 5.27. The lowest BCUT2D eigenvalue weighted by Gasteiger charge is -1.91. The highest BCUT2D eigenvalue weighted by Crippen LogP contribution is 2.23. The third kappa shape index (κ3) is 1.03. The zero-order chi connectivity index (χ0) is 7.84. The fraction of sp³-hybridized carbons (Fsp3) is 0.222. The standard InChI is InChI=1S/C9H9NS/c1-6-5-11-9-8(6)4-3-7(2)10-9/h3-5H,1-2H3. The number of hydrogen-bond acceptors (Lipinski definition) is 2. The molecule has 0 spiro atoms. The predicted octanol–water partition coefficient (Wildman–Crippen LogP) is 2.91. The van der Waals surface area contributed by atoms with Crippen LogP contribution in [0.1, 0.15) is 11.3 Å². The molecule has 0 aliphatic carbocycles. The summed E-state index contributed by atoms with van der Waals surface area (Å²) >= 11 is 1.72. The monoisotopic (exact) mass is 163 g/mol. The summed E-state index contributed by atoms with van der Waals surface area (Å²) in [6, 6.07) is 4.20. The predicted molar refractivity (Wildman–Crippen MR) is 49.1 cm³/mol. The average Bonchev–Trinajstić information content (AvgIpc) is 2.32. The van der Waals surface area contributed by atoms with Gasteiger partial charge in [0.2, 0.25) is 0 Å². The van der Waals surface area contributed by atoms with E-state index in [1.165, 1.54) is 10.9 Å². The summed E-state index contributed by atoms with van der Waals surface area (Å²) in [5.41, 5.74) is 2.43. The van der Waals surface area contributed by atoms with Crippen molar-refractivity contribution in [3.63, 3.8) is 0 Å². The summed E-state index contributed by atoms with van der Waals surface area (Å²) in [5, 5.41) is 3.44. The second-order valence-electron chi connectivity index (χ2n) is 2.72. The van der Waals surface area contributed by atoms with E-state index >= 15 is 0 Å². The largest absolute Gasteiger partial charge is 0.242 e. The van der Waals surface area contributed by atoms with Gasteiger partial charge in [0.25, 0.3) is 0 Å². The van der Waals surface area contributed by atoms with Gasteiger partial charge in [-0.1, -0.05) is 0 Å². The third-order valence-corrected chi connectivity index (χ3v) is 2.78. The molecule has 0 aliphatic rings. The topological polar surface area (TPSA) is 12.9 Å². The molecule has 2 rings (SSSR count). The minimum atomic E-state index is 1.10. The number of pyridine rings is 1. The summed E-state index contributed by atoms with van der Waals surface area (Å²) in [4.78, 5) is 5.57. The molecule has 0 unspecified atom stereocenters. The quantitative estimate of drug-likeness (QED) is 0.582. The van der Waals surface area contributed by atoms with E-state index < -0.39 is 0 Å². The number of hydrogen-bond donors (Lipinski definition) is 0. The second-order valence-corrected chi connectivity index (χ2v) is 3.58. The Balaban J connectivity index is 2.86. The third-order valence-electron chi connectivity index (χ3n) is 1.77. The average molecular weight is 163 g/mol. The maximum atomic E-state index is 4.42. The van der Waals surface area contributed by atoms with Crippen molar-refractivity contribution < 1.29 is 0 Å². The van der Waals surface area contributed by atoms with Gasteiger partial charge in [0.15, 0.2) is 0 Å². The summed E-state index contributed by atoms with van der Waals surface area (Å²) < 4.78 is 0. The first-order valence-electron chi connectivity index (χ1n) is 3.59. The molecule has 56 valence electrons. The molecule has 0 saturated heterocycles. The van der Waals surface area contributed by atoms with E-state index in [0.717, 1.165) is 10.5 Å². The number of fused-ring (bicyclic) bond motifs is 1. The minimum Gasteiger partial charge on any atom is -0.242 e. The molecule has 0 aliphatic heterocycles. The van der Waals surface area contributed by atoms with E-state index in [1.807, 2.05) is 6.92 Å². The first-order valence-corrected chi connectivity index (χ1v) is 4.47. The molecule has 0 atom stereocenters. The Bertz CT molecular complexity index is 389. The number of rotatable bonds is 0. The fourth-order valence-corrected chi connectivity index (χ4v) is 2.10. The molecule has 2 aromatic heterocycles. The second kappa shape index (κ2) is 2.31. The smallest absolute Gasteiger partial charge is 0.123 e. The lowest BCUT2D eigenvalue weighted by molar-refractivity contribution is 1.27. The Kier molecular flexibility index (Phi) is 1.43. The maximum Gasteiger partial charge on any atom is 0.123 e. The maximum absolute atomic E-state index is 4.42. The van der Waals surface area contributed by atoms with Crippen LogP contribution >= 0.6 is 11.3 Å². The van der Waals surface area contributed by atoms with Gasteiger partial charge < -0.3 is 0 Å². The molecule has 1 nitrogen and oxygen atoms in total. The van der Waals surface area contributed by atoms with Gasteiger partial charge >= 0.3 is 0 Å². The van der Waals surface area contributed by atoms with Gasteiger partial charge in [-0.15, -0.1) is 11.3 Å². The Morgan fingerprint density at radius 2 is 2.09 bits per heavy atom. The number of thiophene rings is 1. The molecule has 0 N–H and O–H groups in total. The molecule has 2 heterocycles. The molecule has 0 aromatic carbocycles. The number of aryl methyl sites for hydroxylation is 2. The van der Waals surface area contributed by atoms with Crippen molar-refractivity contribution in [3.05, 3.63) is 28.8 Å². The van der Waals surface area contributed by atoms with Gasteiger partial charge in [-0.25, -0.2) is 4.98 Å². The van der Waals surface area contributed by atoms with Gasteiger partial charge in [0, 0.05) is 11.1 Å². The summed E-state index contributed by atoms with van der Waals surface area (Å²) in [6.45, 7) is 4.14. The van der Waals surface area contributed by atoms with Crippen molar-refractivity contribution in [2.75, 3.05) is 0 Å². The van der Waals surface area contributed by atoms with Crippen LogP contribution in [-0.4, -0.2) is 4.98 Å². The van der Waals surface area contributed by atoms with E-state index in [4.69, 9.17) is 0 Å². The molecule has 2 aromatic rings. The van der Waals surface area contributed by atoms with Crippen LogP contribution in [0.25, 0.3) is 10.2 Å². The molecule has 2 heteroatoms. The molecule has 0 bridgehead atoms. The molecule has 11 heavy (non-hydrogen) atoms. The van der Waals surface area contributed by atoms with Crippen molar-refractivity contribution in [1.82, 2.24) is 4.98 Å². The van der Waals surface area contributed by atoms with Crippen LogP contribution in [-0.2, 0) is 0 Å². The minimum absolute atomic E-state index is 1.10. The van der Waals surface area contributed by atoms with Crippen LogP contribution in [0.15, 0.2) is 17.5 Å². The highest BCUT2D eigenvalue weighted by molar-refractivity contribution is 7.16. The van der Waals surface area contributed by atoms with E-state index in [9.17, 15) is 0 Å². The van der Waals surface area contributed by atoms with E-state index in [2.05, 4.69) is 29.4 Å². The Morgan fingerprint density at radius 3 is 2.91 bits per heavy atom. The molecule has 0 amide bonds. The summed E-state index contributed by atoms with van der Waals surface area (Å²) in [5.74, 6) is 0. The summed E-state index contributed by atoms with van der Waals surface area (Å²) in [7, 11) is 0. The highest BCUT2D eigenvalue weighted by Gasteiger charge is 1.99. The lowest BCUT2D eigenvalue weighted by Crippen LogP contribution is -1.77. The van der Waals surface area contributed by atoms with Crippen molar-refractivity contribution in [2.45, 2.75) is 13.8 Å². The van der Waals surface area contributed by atoms with Crippen LogP contribution in [0.5, 0.6) is 0 Å². The Labute approximate surface area is 69.7 Å². The SMILES string of the molecule is Cc1ccc2c(C)csc2n1. The van der Waals surface area contributed by atoms with Crippen LogP contribution < -0.4 is 0 Å². The van der Waals surface area contributed by atoms with E-state index in [-0.39, 0.29) is 0 Å². The van der Waals surface area contributed by atoms with Crippen molar-refractivity contribution in [2.24, 2.45) is 0 Å². The highest BCUT2D eigenvalue weighted by atomic mass is 32.1. The molecular weight excluding hydrogens is 154 g/mol. The van der Waals surface area contributed by atoms with Crippen LogP contribution in [0.3, 0.4) is 0 Å². The van der Waals surface area contributed by atoms with Gasteiger partial charge in [-0.3, -0.25) is 0 Å². The van der Waals surface area contributed by atoms with Gasteiger partial charge in [0.05, 0.1) is 0 Å². The molecular formula is C9H9NS.